The molecule has 0 fully saturated rings. The predicted molar refractivity (Wildman–Crippen MR) is 90.0 cm³/mol. The van der Waals surface area contributed by atoms with Crippen molar-refractivity contribution in [1.82, 2.24) is 20.4 Å². The Kier molecular flexibility index (Phi) is 4.41. The number of nitrogens with one attached hydrogen (secondary N) is 1. The predicted octanol–water partition coefficient (Wildman–Crippen LogP) is 2.35. The van der Waals surface area contributed by atoms with Gasteiger partial charge in [0, 0.05) is 12.6 Å². The van der Waals surface area contributed by atoms with Gasteiger partial charge < -0.3 is 4.52 Å². The molecule has 1 N–H and O–H groups in total. The fourth-order valence-electron chi connectivity index (χ4n) is 2.94. The standard InChI is InChI=1S/C18H22N4O3/c1-10(15-19-11(2)25-22-15)16(23)21-17(24)13-6-5-12-7-8-18(3,4)9-14(12)20-13/h5-6,10H,7-9H2,1-4H3,(H,21,23,24). The number of carbonyl (C=O) groups excluding carboxylic acids is 2. The number of aryl methyl sites for hydroxylation is 2. The molecule has 132 valence electrons. The first kappa shape index (κ1) is 17.3. The van der Waals surface area contributed by atoms with Gasteiger partial charge in [0.1, 0.15) is 5.69 Å². The van der Waals surface area contributed by atoms with Gasteiger partial charge in [-0.3, -0.25) is 14.9 Å². The summed E-state index contributed by atoms with van der Waals surface area (Å²) in [5.74, 6) is -1.05. The highest BCUT2D eigenvalue weighted by atomic mass is 16.5. The van der Waals surface area contributed by atoms with Gasteiger partial charge in [0.05, 0.1) is 5.92 Å². The third-order valence-corrected chi connectivity index (χ3v) is 4.58. The van der Waals surface area contributed by atoms with E-state index in [1.54, 1.807) is 19.9 Å². The molecule has 1 aliphatic rings. The number of nitrogens with zero attached hydrogens (tertiary/aromatic N) is 3. The number of amides is 2. The van der Waals surface area contributed by atoms with Gasteiger partial charge in [0.15, 0.2) is 5.82 Å². The van der Waals surface area contributed by atoms with Crippen molar-refractivity contribution in [1.29, 1.82) is 0 Å². The minimum atomic E-state index is -0.682. The fourth-order valence-corrected chi connectivity index (χ4v) is 2.94. The lowest BCUT2D eigenvalue weighted by Gasteiger charge is -2.30. The number of carbonyl (C=O) groups is 2. The Morgan fingerprint density at radius 2 is 2.04 bits per heavy atom. The minimum absolute atomic E-state index is 0.177. The lowest BCUT2D eigenvalue weighted by Crippen LogP contribution is -2.35. The SMILES string of the molecule is Cc1nc(C(C)C(=O)NC(=O)c2ccc3c(n2)CC(C)(C)CC3)no1. The van der Waals surface area contributed by atoms with Crippen molar-refractivity contribution in [3.05, 3.63) is 40.8 Å². The molecule has 0 spiro atoms. The van der Waals surface area contributed by atoms with E-state index >= 15 is 0 Å². The average Bonchev–Trinajstić information content (AvgIpc) is 2.98. The molecule has 0 radical (unpaired) electrons. The summed E-state index contributed by atoms with van der Waals surface area (Å²) in [4.78, 5) is 33.1. The topological polar surface area (TPSA) is 98.0 Å². The quantitative estimate of drug-likeness (QED) is 0.919. The monoisotopic (exact) mass is 342 g/mol. The second-order valence-electron chi connectivity index (χ2n) is 7.35. The zero-order chi connectivity index (χ0) is 18.2. The zero-order valence-corrected chi connectivity index (χ0v) is 14.9. The van der Waals surface area contributed by atoms with Gasteiger partial charge in [-0.25, -0.2) is 4.98 Å². The molecule has 2 heterocycles. The first-order chi connectivity index (χ1) is 11.7. The molecule has 25 heavy (non-hydrogen) atoms. The van der Waals surface area contributed by atoms with Crippen LogP contribution >= 0.6 is 0 Å². The summed E-state index contributed by atoms with van der Waals surface area (Å²) in [6, 6.07) is 3.60. The molecule has 2 aromatic rings. The zero-order valence-electron chi connectivity index (χ0n) is 14.9. The number of fused-ring (bicyclic) bond motifs is 1. The molecule has 3 rings (SSSR count). The number of hydrogen-bond donors (Lipinski definition) is 1. The van der Waals surface area contributed by atoms with Crippen molar-refractivity contribution in [3.8, 4) is 0 Å². The lowest BCUT2D eigenvalue weighted by atomic mass is 9.76. The van der Waals surface area contributed by atoms with Gasteiger partial charge in [-0.1, -0.05) is 25.1 Å². The summed E-state index contributed by atoms with van der Waals surface area (Å²) >= 11 is 0. The average molecular weight is 342 g/mol. The van der Waals surface area contributed by atoms with E-state index in [-0.39, 0.29) is 16.9 Å². The van der Waals surface area contributed by atoms with Crippen LogP contribution in [0.4, 0.5) is 0 Å². The second-order valence-corrected chi connectivity index (χ2v) is 7.35. The molecular formula is C18H22N4O3. The van der Waals surface area contributed by atoms with E-state index in [2.05, 4.69) is 34.3 Å². The Morgan fingerprint density at radius 1 is 1.28 bits per heavy atom. The molecular weight excluding hydrogens is 320 g/mol. The van der Waals surface area contributed by atoms with Gasteiger partial charge >= 0.3 is 0 Å². The van der Waals surface area contributed by atoms with Crippen LogP contribution in [0.2, 0.25) is 0 Å². The Labute approximate surface area is 146 Å². The van der Waals surface area contributed by atoms with E-state index < -0.39 is 17.7 Å². The summed E-state index contributed by atoms with van der Waals surface area (Å²) in [5, 5.41) is 6.09. The Hall–Kier alpha value is -2.57. The maximum absolute atomic E-state index is 12.4. The third kappa shape index (κ3) is 3.75. The van der Waals surface area contributed by atoms with E-state index in [0.717, 1.165) is 25.0 Å². The van der Waals surface area contributed by atoms with Gasteiger partial charge in [0.2, 0.25) is 11.8 Å². The van der Waals surface area contributed by atoms with E-state index in [4.69, 9.17) is 4.52 Å². The fraction of sp³-hybridized carbons (Fsp3) is 0.500. The van der Waals surface area contributed by atoms with Crippen LogP contribution in [0.25, 0.3) is 0 Å². The summed E-state index contributed by atoms with van der Waals surface area (Å²) < 4.78 is 4.87. The van der Waals surface area contributed by atoms with Crippen molar-refractivity contribution in [2.45, 2.75) is 52.9 Å². The molecule has 2 amide bonds. The molecule has 0 saturated heterocycles. The number of pyridine rings is 1. The van der Waals surface area contributed by atoms with Crippen molar-refractivity contribution in [2.24, 2.45) is 5.41 Å². The number of imide groups is 1. The first-order valence-electron chi connectivity index (χ1n) is 8.39. The molecule has 1 unspecified atom stereocenters. The lowest BCUT2D eigenvalue weighted by molar-refractivity contribution is -0.121. The molecule has 0 aliphatic heterocycles. The molecule has 0 bridgehead atoms. The van der Waals surface area contributed by atoms with Gasteiger partial charge in [-0.15, -0.1) is 0 Å². The highest BCUT2D eigenvalue weighted by molar-refractivity contribution is 6.05. The number of hydrogen-bond acceptors (Lipinski definition) is 6. The van der Waals surface area contributed by atoms with Crippen LogP contribution < -0.4 is 5.32 Å². The molecule has 7 nitrogen and oxygen atoms in total. The van der Waals surface area contributed by atoms with Gasteiger partial charge in [-0.05, 0) is 43.2 Å². The molecule has 0 aromatic carbocycles. The highest BCUT2D eigenvalue weighted by Gasteiger charge is 2.28. The smallest absolute Gasteiger partial charge is 0.276 e. The minimum Gasteiger partial charge on any atom is -0.340 e. The molecule has 1 atom stereocenters. The summed E-state index contributed by atoms with van der Waals surface area (Å²) in [5.41, 5.74) is 2.55. The first-order valence-corrected chi connectivity index (χ1v) is 8.39. The van der Waals surface area contributed by atoms with Crippen LogP contribution in [-0.4, -0.2) is 26.9 Å². The Morgan fingerprint density at radius 3 is 2.72 bits per heavy atom. The van der Waals surface area contributed by atoms with Gasteiger partial charge in [0.25, 0.3) is 5.91 Å². The Balaban J connectivity index is 1.72. The summed E-state index contributed by atoms with van der Waals surface area (Å²) in [7, 11) is 0. The summed E-state index contributed by atoms with van der Waals surface area (Å²) in [6.07, 6.45) is 2.90. The maximum atomic E-state index is 12.4. The number of rotatable bonds is 3. The van der Waals surface area contributed by atoms with Crippen molar-refractivity contribution >= 4 is 11.8 Å². The van der Waals surface area contributed by atoms with Crippen molar-refractivity contribution in [3.63, 3.8) is 0 Å². The second kappa shape index (κ2) is 6.38. The van der Waals surface area contributed by atoms with E-state index in [0.29, 0.717) is 5.89 Å². The van der Waals surface area contributed by atoms with Crippen LogP contribution in [-0.2, 0) is 17.6 Å². The Bertz CT molecular complexity index is 825. The molecule has 0 saturated carbocycles. The van der Waals surface area contributed by atoms with Crippen LogP contribution in [0.5, 0.6) is 0 Å². The maximum Gasteiger partial charge on any atom is 0.276 e. The normalized spacial score (nSPS) is 16.8. The van der Waals surface area contributed by atoms with Crippen LogP contribution in [0.3, 0.4) is 0 Å². The van der Waals surface area contributed by atoms with E-state index in [1.165, 1.54) is 5.56 Å². The van der Waals surface area contributed by atoms with Crippen molar-refractivity contribution < 1.29 is 14.1 Å². The van der Waals surface area contributed by atoms with E-state index in [9.17, 15) is 9.59 Å². The van der Waals surface area contributed by atoms with Crippen LogP contribution in [0, 0.1) is 12.3 Å². The number of aromatic nitrogens is 3. The van der Waals surface area contributed by atoms with Crippen molar-refractivity contribution in [2.75, 3.05) is 0 Å². The largest absolute Gasteiger partial charge is 0.340 e. The van der Waals surface area contributed by atoms with Gasteiger partial charge in [-0.2, -0.15) is 4.98 Å². The van der Waals surface area contributed by atoms with Crippen LogP contribution in [0.15, 0.2) is 16.7 Å². The third-order valence-electron chi connectivity index (χ3n) is 4.58. The summed E-state index contributed by atoms with van der Waals surface area (Å²) in [6.45, 7) is 7.66. The van der Waals surface area contributed by atoms with Crippen LogP contribution in [0.1, 0.15) is 66.6 Å². The highest BCUT2D eigenvalue weighted by Crippen LogP contribution is 2.33. The molecule has 1 aliphatic carbocycles. The van der Waals surface area contributed by atoms with E-state index in [1.807, 2.05) is 6.07 Å². The molecule has 2 aromatic heterocycles. The molecule has 7 heteroatoms.